The van der Waals surface area contributed by atoms with Crippen molar-refractivity contribution in [1.82, 2.24) is 0 Å². The Labute approximate surface area is 77.4 Å². The van der Waals surface area contributed by atoms with Crippen LogP contribution in [0.25, 0.3) is 0 Å². The van der Waals surface area contributed by atoms with Crippen LogP contribution in [0.4, 0.5) is 0 Å². The number of hydrogen-bond acceptors (Lipinski definition) is 0. The molecule has 0 heterocycles. The first-order valence-electron chi connectivity index (χ1n) is 5.07. The molecule has 0 bridgehead atoms. The Balaban J connectivity index is 3.98. The highest BCUT2D eigenvalue weighted by Crippen LogP contribution is 2.21. The monoisotopic (exact) mass is 166 g/mol. The number of rotatable bonds is 6. The van der Waals surface area contributed by atoms with Crippen molar-refractivity contribution < 1.29 is 0 Å². The van der Waals surface area contributed by atoms with Crippen LogP contribution in [-0.4, -0.2) is 0 Å². The second-order valence-corrected chi connectivity index (χ2v) is 3.35. The normalized spacial score (nSPS) is 11.3. The lowest BCUT2D eigenvalue weighted by atomic mass is 9.91. The van der Waals surface area contributed by atoms with Crippen LogP contribution in [0.3, 0.4) is 0 Å². The smallest absolute Gasteiger partial charge is 0.0168 e. The summed E-state index contributed by atoms with van der Waals surface area (Å²) in [4.78, 5) is 0. The van der Waals surface area contributed by atoms with Crippen LogP contribution in [0.5, 0.6) is 0 Å². The Morgan fingerprint density at radius 3 is 2.08 bits per heavy atom. The molecule has 0 aromatic heterocycles. The summed E-state index contributed by atoms with van der Waals surface area (Å²) in [7, 11) is 0. The highest BCUT2D eigenvalue weighted by molar-refractivity contribution is 5.16. The second kappa shape index (κ2) is 7.15. The van der Waals surface area contributed by atoms with Crippen LogP contribution in [0.2, 0.25) is 0 Å². The van der Waals surface area contributed by atoms with Gasteiger partial charge in [0.25, 0.3) is 0 Å². The van der Waals surface area contributed by atoms with Gasteiger partial charge in [0.15, 0.2) is 0 Å². The van der Waals surface area contributed by atoms with Gasteiger partial charge in [-0.3, -0.25) is 0 Å². The quantitative estimate of drug-likeness (QED) is 0.515. The summed E-state index contributed by atoms with van der Waals surface area (Å²) in [5, 5.41) is 0. The third kappa shape index (κ3) is 4.38. The van der Waals surface area contributed by atoms with E-state index in [-0.39, 0.29) is 0 Å². The Kier molecular flexibility index (Phi) is 6.84. The van der Waals surface area contributed by atoms with Crippen molar-refractivity contribution in [2.75, 3.05) is 0 Å². The van der Waals surface area contributed by atoms with E-state index in [4.69, 9.17) is 0 Å². The topological polar surface area (TPSA) is 0 Å². The van der Waals surface area contributed by atoms with Crippen molar-refractivity contribution in [2.45, 2.75) is 46.5 Å². The van der Waals surface area contributed by atoms with Crippen LogP contribution in [0.15, 0.2) is 24.3 Å². The predicted octanol–water partition coefficient (Wildman–Crippen LogP) is 4.34. The summed E-state index contributed by atoms with van der Waals surface area (Å²) in [6, 6.07) is 0. The van der Waals surface area contributed by atoms with E-state index < -0.39 is 0 Å². The van der Waals surface area contributed by atoms with Gasteiger partial charge >= 0.3 is 0 Å². The average molecular weight is 166 g/mol. The lowest BCUT2D eigenvalue weighted by Crippen LogP contribution is -2.00. The van der Waals surface area contributed by atoms with Crippen LogP contribution in [0.1, 0.15) is 46.5 Å². The molecule has 0 rings (SSSR count). The van der Waals surface area contributed by atoms with Gasteiger partial charge in [-0.25, -0.2) is 0 Å². The van der Waals surface area contributed by atoms with Gasteiger partial charge in [0, 0.05) is 0 Å². The maximum Gasteiger partial charge on any atom is -0.0168 e. The van der Waals surface area contributed by atoms with Gasteiger partial charge in [-0.15, -0.1) is 0 Å². The lowest BCUT2D eigenvalue weighted by molar-refractivity contribution is 0.514. The minimum atomic E-state index is 0.719. The summed E-state index contributed by atoms with van der Waals surface area (Å²) < 4.78 is 0. The zero-order chi connectivity index (χ0) is 9.40. The molecule has 0 spiro atoms. The first-order valence-corrected chi connectivity index (χ1v) is 5.07. The summed E-state index contributed by atoms with van der Waals surface area (Å²) in [6.45, 7) is 10.6. The fraction of sp³-hybridized carbons (Fsp3) is 0.667. The van der Waals surface area contributed by atoms with Gasteiger partial charge in [-0.05, 0) is 25.7 Å². The molecule has 0 unspecified atom stereocenters. The Morgan fingerprint density at radius 2 is 1.75 bits per heavy atom. The summed E-state index contributed by atoms with van der Waals surface area (Å²) in [5.41, 5.74) is 1.31. The Bertz CT molecular complexity index is 136. The standard InChI is InChI=1S/C12H22/c1-5-8-11(4)12(9-6-2)10-7-3/h5,8,12H,4,6-7,9-10H2,1-3H3. The molecule has 0 amide bonds. The van der Waals surface area contributed by atoms with Crippen molar-refractivity contribution in [3.05, 3.63) is 24.3 Å². The van der Waals surface area contributed by atoms with E-state index in [0.717, 1.165) is 5.92 Å². The molecule has 0 aromatic carbocycles. The van der Waals surface area contributed by atoms with Gasteiger partial charge in [-0.2, -0.15) is 0 Å². The third-order valence-corrected chi connectivity index (χ3v) is 2.18. The van der Waals surface area contributed by atoms with E-state index in [1.165, 1.54) is 31.3 Å². The Morgan fingerprint density at radius 1 is 1.25 bits per heavy atom. The van der Waals surface area contributed by atoms with Gasteiger partial charge in [0.2, 0.25) is 0 Å². The van der Waals surface area contributed by atoms with Crippen molar-refractivity contribution in [3.63, 3.8) is 0 Å². The fourth-order valence-electron chi connectivity index (χ4n) is 1.56. The van der Waals surface area contributed by atoms with Crippen LogP contribution in [0, 0.1) is 5.92 Å². The van der Waals surface area contributed by atoms with E-state index in [1.54, 1.807) is 0 Å². The zero-order valence-corrected chi connectivity index (χ0v) is 8.77. The molecule has 0 atom stereocenters. The molecule has 0 saturated heterocycles. The fourth-order valence-corrected chi connectivity index (χ4v) is 1.56. The molecular formula is C12H22. The Hall–Kier alpha value is -0.520. The van der Waals surface area contributed by atoms with E-state index in [1.807, 2.05) is 0 Å². The SMILES string of the molecule is C=C(C=CC)C(CCC)CCC. The van der Waals surface area contributed by atoms with E-state index >= 15 is 0 Å². The van der Waals surface area contributed by atoms with Gasteiger partial charge in [0.05, 0.1) is 0 Å². The molecule has 0 aliphatic carbocycles. The molecule has 0 radical (unpaired) electrons. The summed E-state index contributed by atoms with van der Waals surface area (Å²) in [6.07, 6.45) is 9.34. The first kappa shape index (κ1) is 11.5. The maximum absolute atomic E-state index is 4.10. The first-order chi connectivity index (χ1) is 5.76. The van der Waals surface area contributed by atoms with Crippen LogP contribution >= 0.6 is 0 Å². The van der Waals surface area contributed by atoms with Crippen LogP contribution < -0.4 is 0 Å². The van der Waals surface area contributed by atoms with Gasteiger partial charge in [-0.1, -0.05) is 51.0 Å². The minimum Gasteiger partial charge on any atom is -0.0956 e. The molecule has 0 aliphatic heterocycles. The molecule has 12 heavy (non-hydrogen) atoms. The van der Waals surface area contributed by atoms with Crippen molar-refractivity contribution in [2.24, 2.45) is 5.92 Å². The van der Waals surface area contributed by atoms with Gasteiger partial charge in [0.1, 0.15) is 0 Å². The molecule has 0 nitrogen and oxygen atoms in total. The van der Waals surface area contributed by atoms with Crippen molar-refractivity contribution in [3.8, 4) is 0 Å². The molecule has 0 aliphatic rings. The summed E-state index contributed by atoms with van der Waals surface area (Å²) in [5.74, 6) is 0.719. The third-order valence-electron chi connectivity index (χ3n) is 2.18. The van der Waals surface area contributed by atoms with Gasteiger partial charge < -0.3 is 0 Å². The average Bonchev–Trinajstić information content (AvgIpc) is 2.04. The molecule has 0 N–H and O–H groups in total. The van der Waals surface area contributed by atoms with E-state index in [2.05, 4.69) is 39.5 Å². The van der Waals surface area contributed by atoms with E-state index in [9.17, 15) is 0 Å². The minimum absolute atomic E-state index is 0.719. The van der Waals surface area contributed by atoms with E-state index in [0.29, 0.717) is 0 Å². The molecule has 0 heteroatoms. The predicted molar refractivity (Wildman–Crippen MR) is 57.3 cm³/mol. The highest BCUT2D eigenvalue weighted by Gasteiger charge is 2.07. The second-order valence-electron chi connectivity index (χ2n) is 3.35. The molecule has 0 aromatic rings. The molecule has 0 fully saturated rings. The van der Waals surface area contributed by atoms with Crippen molar-refractivity contribution >= 4 is 0 Å². The maximum atomic E-state index is 4.10. The number of allylic oxidation sites excluding steroid dienone is 3. The summed E-state index contributed by atoms with van der Waals surface area (Å²) >= 11 is 0. The highest BCUT2D eigenvalue weighted by atomic mass is 14.1. The van der Waals surface area contributed by atoms with Crippen LogP contribution in [-0.2, 0) is 0 Å². The zero-order valence-electron chi connectivity index (χ0n) is 8.77. The molecule has 70 valence electrons. The largest absolute Gasteiger partial charge is 0.0956 e. The van der Waals surface area contributed by atoms with Crippen molar-refractivity contribution in [1.29, 1.82) is 0 Å². The number of hydrogen-bond donors (Lipinski definition) is 0. The molecular weight excluding hydrogens is 144 g/mol. The molecule has 0 saturated carbocycles. The lowest BCUT2D eigenvalue weighted by Gasteiger charge is -2.15.